The molecule has 1 unspecified atom stereocenters. The second-order valence-electron chi connectivity index (χ2n) is 7.42. The molecule has 164 valence electrons. The highest BCUT2D eigenvalue weighted by atomic mass is 32.2. The lowest BCUT2D eigenvalue weighted by molar-refractivity contribution is -0.137. The predicted molar refractivity (Wildman–Crippen MR) is 106 cm³/mol. The number of nitrogens with zero attached hydrogens (tertiary/aromatic N) is 1. The van der Waals surface area contributed by atoms with Crippen LogP contribution in [0.1, 0.15) is 44.1 Å². The fourth-order valence-electron chi connectivity index (χ4n) is 3.47. The average molecular weight is 435 g/mol. The van der Waals surface area contributed by atoms with E-state index in [4.69, 9.17) is 10.5 Å². The summed E-state index contributed by atoms with van der Waals surface area (Å²) >= 11 is 0. The average Bonchev–Trinajstić information content (AvgIpc) is 2.67. The Kier molecular flexibility index (Phi) is 8.28. The quantitative estimate of drug-likeness (QED) is 0.598. The van der Waals surface area contributed by atoms with Crippen molar-refractivity contribution >= 4 is 10.0 Å². The van der Waals surface area contributed by atoms with Gasteiger partial charge in [-0.1, -0.05) is 6.08 Å². The summed E-state index contributed by atoms with van der Waals surface area (Å²) in [6.07, 6.45) is 1.58. The molecule has 1 aliphatic carbocycles. The number of rotatable bonds is 9. The highest BCUT2D eigenvalue weighted by Crippen LogP contribution is 2.32. The van der Waals surface area contributed by atoms with Gasteiger partial charge in [-0.25, -0.2) is 8.42 Å². The molecule has 0 heterocycles. The first kappa shape index (κ1) is 23.9. The van der Waals surface area contributed by atoms with Crippen LogP contribution in [-0.2, 0) is 20.9 Å². The molecule has 1 fully saturated rings. The third kappa shape index (κ3) is 6.53. The van der Waals surface area contributed by atoms with Crippen LogP contribution in [0.3, 0.4) is 0 Å². The van der Waals surface area contributed by atoms with Crippen molar-refractivity contribution in [1.82, 2.24) is 4.31 Å². The van der Waals surface area contributed by atoms with E-state index < -0.39 is 21.8 Å². The van der Waals surface area contributed by atoms with Crippen LogP contribution in [0.15, 0.2) is 41.8 Å². The van der Waals surface area contributed by atoms with Gasteiger partial charge in [0.25, 0.3) is 0 Å². The lowest BCUT2D eigenvalue weighted by Gasteiger charge is -2.34. The molecule has 0 aromatic heterocycles. The SMILES string of the molecule is C=CCC(N)CCOC1CCC(N(C)S(=O)(=O)c2ccc(C(F)(F)F)cc2)CC1. The first-order chi connectivity index (χ1) is 13.6. The van der Waals surface area contributed by atoms with Gasteiger partial charge in [0.2, 0.25) is 10.0 Å². The number of nitrogens with two attached hydrogens (primary N) is 1. The second kappa shape index (κ2) is 10.1. The predicted octanol–water partition coefficient (Wildman–Crippen LogP) is 3.95. The summed E-state index contributed by atoms with van der Waals surface area (Å²) in [5, 5.41) is 0. The summed E-state index contributed by atoms with van der Waals surface area (Å²) < 4.78 is 70.7. The third-order valence-corrected chi connectivity index (χ3v) is 7.25. The van der Waals surface area contributed by atoms with Crippen LogP contribution in [0.2, 0.25) is 0 Å². The van der Waals surface area contributed by atoms with Crippen molar-refractivity contribution in [2.75, 3.05) is 13.7 Å². The van der Waals surface area contributed by atoms with Crippen molar-refractivity contribution in [1.29, 1.82) is 0 Å². The maximum absolute atomic E-state index is 12.8. The summed E-state index contributed by atoms with van der Waals surface area (Å²) in [7, 11) is -2.37. The molecule has 1 aliphatic rings. The third-order valence-electron chi connectivity index (χ3n) is 5.33. The summed E-state index contributed by atoms with van der Waals surface area (Å²) in [5.74, 6) is 0. The number of hydrogen-bond donors (Lipinski definition) is 1. The van der Waals surface area contributed by atoms with E-state index in [1.165, 1.54) is 11.4 Å². The topological polar surface area (TPSA) is 72.6 Å². The Bertz CT molecular complexity index is 758. The Morgan fingerprint density at radius 1 is 1.24 bits per heavy atom. The monoisotopic (exact) mass is 434 g/mol. The first-order valence-electron chi connectivity index (χ1n) is 9.69. The van der Waals surface area contributed by atoms with Crippen LogP contribution >= 0.6 is 0 Å². The number of benzene rings is 1. The lowest BCUT2D eigenvalue weighted by atomic mass is 9.93. The zero-order valence-electron chi connectivity index (χ0n) is 16.6. The van der Waals surface area contributed by atoms with Crippen molar-refractivity contribution in [3.63, 3.8) is 0 Å². The number of hydrogen-bond acceptors (Lipinski definition) is 4. The van der Waals surface area contributed by atoms with Gasteiger partial charge in [0.05, 0.1) is 16.6 Å². The zero-order valence-corrected chi connectivity index (χ0v) is 17.4. The molecule has 1 aromatic rings. The van der Waals surface area contributed by atoms with Crippen LogP contribution in [-0.4, -0.2) is 44.6 Å². The molecule has 2 N–H and O–H groups in total. The van der Waals surface area contributed by atoms with E-state index >= 15 is 0 Å². The van der Waals surface area contributed by atoms with Gasteiger partial charge in [0.1, 0.15) is 0 Å². The Hall–Kier alpha value is -1.42. The van der Waals surface area contributed by atoms with E-state index in [9.17, 15) is 21.6 Å². The maximum Gasteiger partial charge on any atom is 0.416 e. The molecule has 9 heteroatoms. The molecule has 0 amide bonds. The van der Waals surface area contributed by atoms with Crippen LogP contribution in [0.4, 0.5) is 13.2 Å². The van der Waals surface area contributed by atoms with Crippen LogP contribution in [0.5, 0.6) is 0 Å². The molecule has 2 rings (SSSR count). The fourth-order valence-corrected chi connectivity index (χ4v) is 4.89. The van der Waals surface area contributed by atoms with E-state index in [1.54, 1.807) is 6.08 Å². The minimum atomic E-state index is -4.50. The van der Waals surface area contributed by atoms with E-state index in [0.29, 0.717) is 19.4 Å². The van der Waals surface area contributed by atoms with Crippen molar-refractivity contribution in [3.05, 3.63) is 42.5 Å². The van der Waals surface area contributed by atoms with Crippen LogP contribution < -0.4 is 5.73 Å². The van der Waals surface area contributed by atoms with E-state index in [1.807, 2.05) is 0 Å². The van der Waals surface area contributed by atoms with Crippen LogP contribution in [0, 0.1) is 0 Å². The summed E-state index contributed by atoms with van der Waals surface area (Å²) in [4.78, 5) is -0.137. The van der Waals surface area contributed by atoms with Gasteiger partial charge in [0, 0.05) is 25.7 Å². The van der Waals surface area contributed by atoms with Crippen molar-refractivity contribution in [2.24, 2.45) is 5.73 Å². The second-order valence-corrected chi connectivity index (χ2v) is 9.42. The van der Waals surface area contributed by atoms with Gasteiger partial charge >= 0.3 is 6.18 Å². The number of ether oxygens (including phenoxy) is 1. The Balaban J connectivity index is 1.89. The molecule has 0 aliphatic heterocycles. The molecule has 1 saturated carbocycles. The molecule has 0 radical (unpaired) electrons. The first-order valence-corrected chi connectivity index (χ1v) is 11.1. The number of sulfonamides is 1. The summed E-state index contributed by atoms with van der Waals surface area (Å²) in [6.45, 7) is 4.22. The van der Waals surface area contributed by atoms with Crippen LogP contribution in [0.25, 0.3) is 0 Å². The molecule has 0 saturated heterocycles. The highest BCUT2D eigenvalue weighted by Gasteiger charge is 2.34. The molecule has 1 atom stereocenters. The minimum absolute atomic E-state index is 0.0313. The lowest BCUT2D eigenvalue weighted by Crippen LogP contribution is -2.40. The largest absolute Gasteiger partial charge is 0.416 e. The van der Waals surface area contributed by atoms with Gasteiger partial charge in [-0.2, -0.15) is 17.5 Å². The minimum Gasteiger partial charge on any atom is -0.378 e. The van der Waals surface area contributed by atoms with Gasteiger partial charge in [-0.05, 0) is 62.8 Å². The molecular formula is C20H29F3N2O3S. The van der Waals surface area contributed by atoms with E-state index in [-0.39, 0.29) is 23.1 Å². The summed E-state index contributed by atoms with van der Waals surface area (Å²) in [6, 6.07) is 3.44. The molecule has 1 aromatic carbocycles. The highest BCUT2D eigenvalue weighted by molar-refractivity contribution is 7.89. The fraction of sp³-hybridized carbons (Fsp3) is 0.600. The standard InChI is InChI=1S/C20H29F3N2O3S/c1-3-4-16(24)13-14-28-18-9-7-17(8-10-18)25(2)29(26,27)19-11-5-15(6-12-19)20(21,22)23/h3,5-6,11-12,16-18H,1,4,7-10,13-14,24H2,2H3. The van der Waals surface area contributed by atoms with Gasteiger partial charge in [-0.15, -0.1) is 6.58 Å². The maximum atomic E-state index is 12.8. The molecule has 0 bridgehead atoms. The van der Waals surface area contributed by atoms with E-state index in [2.05, 4.69) is 6.58 Å². The molecular weight excluding hydrogens is 405 g/mol. The van der Waals surface area contributed by atoms with Gasteiger partial charge in [-0.3, -0.25) is 0 Å². The summed E-state index contributed by atoms with van der Waals surface area (Å²) in [5.41, 5.74) is 5.04. The smallest absolute Gasteiger partial charge is 0.378 e. The van der Waals surface area contributed by atoms with Crippen molar-refractivity contribution in [2.45, 2.75) is 67.8 Å². The van der Waals surface area contributed by atoms with Gasteiger partial charge in [0.15, 0.2) is 0 Å². The molecule has 5 nitrogen and oxygen atoms in total. The Morgan fingerprint density at radius 3 is 2.34 bits per heavy atom. The Labute approximate surface area is 170 Å². The van der Waals surface area contributed by atoms with E-state index in [0.717, 1.165) is 49.9 Å². The molecule has 0 spiro atoms. The Morgan fingerprint density at radius 2 is 1.83 bits per heavy atom. The van der Waals surface area contributed by atoms with Crippen molar-refractivity contribution in [3.8, 4) is 0 Å². The van der Waals surface area contributed by atoms with Crippen molar-refractivity contribution < 1.29 is 26.3 Å². The molecule has 29 heavy (non-hydrogen) atoms. The normalized spacial score (nSPS) is 21.9. The van der Waals surface area contributed by atoms with Gasteiger partial charge < -0.3 is 10.5 Å². The number of halogens is 3. The zero-order chi connectivity index (χ0) is 21.7. The number of alkyl halides is 3.